The van der Waals surface area contributed by atoms with E-state index in [2.05, 4.69) is 11.9 Å². The van der Waals surface area contributed by atoms with E-state index in [9.17, 15) is 0 Å². The monoisotopic (exact) mass is 272 g/mol. The Morgan fingerprint density at radius 3 is 2.55 bits per heavy atom. The second-order valence-corrected chi connectivity index (χ2v) is 4.63. The Bertz CT molecular complexity index is 542. The molecule has 0 unspecified atom stereocenters. The molecule has 0 aliphatic rings. The largest absolute Gasteiger partial charge is 0.397 e. The normalized spacial score (nSPS) is 12.6. The highest BCUT2D eigenvalue weighted by Gasteiger charge is 2.10. The van der Waals surface area contributed by atoms with Gasteiger partial charge in [-0.05, 0) is 56.5 Å². The summed E-state index contributed by atoms with van der Waals surface area (Å²) < 4.78 is 0. The molecule has 0 spiro atoms. The van der Waals surface area contributed by atoms with Crippen molar-refractivity contribution in [3.05, 3.63) is 47.3 Å². The fourth-order valence-corrected chi connectivity index (χ4v) is 1.83. The summed E-state index contributed by atoms with van der Waals surface area (Å²) in [6, 6.07) is 3.95. The Hall–Kier alpha value is -2.07. The van der Waals surface area contributed by atoms with E-state index in [-0.39, 0.29) is 0 Å². The van der Waals surface area contributed by atoms with Crippen LogP contribution in [-0.2, 0) is 0 Å². The first-order valence-corrected chi connectivity index (χ1v) is 6.77. The zero-order valence-corrected chi connectivity index (χ0v) is 12.7. The maximum Gasteiger partial charge on any atom is 0.0807 e. The molecule has 4 N–H and O–H groups in total. The van der Waals surface area contributed by atoms with Crippen LogP contribution >= 0.6 is 0 Å². The number of hydrogen-bond donors (Lipinski definition) is 2. The van der Waals surface area contributed by atoms with Crippen LogP contribution in [0.25, 0.3) is 0 Å². The molecule has 0 aliphatic carbocycles. The van der Waals surface area contributed by atoms with Gasteiger partial charge < -0.3 is 5.73 Å². The number of aryl methyl sites for hydroxylation is 2. The molecule has 4 heteroatoms. The predicted octanol–water partition coefficient (Wildman–Crippen LogP) is 3.46. The summed E-state index contributed by atoms with van der Waals surface area (Å²) in [7, 11) is 0. The van der Waals surface area contributed by atoms with E-state index in [1.165, 1.54) is 0 Å². The Balaban J connectivity index is 3.16. The van der Waals surface area contributed by atoms with Crippen LogP contribution in [0, 0.1) is 13.8 Å². The van der Waals surface area contributed by atoms with E-state index in [0.717, 1.165) is 28.9 Å². The van der Waals surface area contributed by atoms with Gasteiger partial charge in [0.1, 0.15) is 0 Å². The lowest BCUT2D eigenvalue weighted by molar-refractivity contribution is 1.01. The maximum absolute atomic E-state index is 6.21. The third kappa shape index (κ3) is 3.96. The number of nitrogens with zero attached hydrogens (tertiary/aromatic N) is 2. The average Bonchev–Trinajstić information content (AvgIpc) is 2.41. The van der Waals surface area contributed by atoms with Crippen LogP contribution in [-0.4, -0.2) is 6.21 Å². The van der Waals surface area contributed by atoms with E-state index in [1.807, 2.05) is 45.1 Å². The van der Waals surface area contributed by atoms with Gasteiger partial charge in [0, 0.05) is 12.4 Å². The van der Waals surface area contributed by atoms with Gasteiger partial charge in [-0.25, -0.2) is 5.84 Å². The minimum atomic E-state index is 0.671. The lowest BCUT2D eigenvalue weighted by atomic mass is 10.1. The van der Waals surface area contributed by atoms with Crippen LogP contribution in [0.3, 0.4) is 0 Å². The molecule has 0 saturated heterocycles. The van der Waals surface area contributed by atoms with Gasteiger partial charge in [0.25, 0.3) is 0 Å². The fraction of sp³-hybridized carbons (Fsp3) is 0.312. The Morgan fingerprint density at radius 2 is 1.95 bits per heavy atom. The standard InChI is InChI=1S/C16H24N4/c1-5-7-14(8-9-19-6-2)20(18)16-11-13(4)12(3)10-15(16)17/h6-11H,5,17-18H2,1-4H3/b9-8-,14-7+,19-6-. The molecule has 0 aliphatic heterocycles. The molecular weight excluding hydrogens is 248 g/mol. The highest BCUT2D eigenvalue weighted by Crippen LogP contribution is 2.27. The summed E-state index contributed by atoms with van der Waals surface area (Å²) in [5, 5.41) is 1.60. The number of allylic oxidation sites excluding steroid dienone is 2. The fourth-order valence-electron chi connectivity index (χ4n) is 1.83. The van der Waals surface area contributed by atoms with E-state index in [4.69, 9.17) is 11.6 Å². The average molecular weight is 272 g/mol. The molecule has 1 rings (SSSR count). The number of benzene rings is 1. The molecule has 0 bridgehead atoms. The number of nitrogens with two attached hydrogens (primary N) is 2. The summed E-state index contributed by atoms with van der Waals surface area (Å²) in [5.74, 6) is 6.21. The molecular formula is C16H24N4. The number of nitrogen functional groups attached to an aromatic ring is 1. The number of hydrogen-bond acceptors (Lipinski definition) is 4. The van der Waals surface area contributed by atoms with Crippen molar-refractivity contribution in [1.82, 2.24) is 0 Å². The molecule has 0 radical (unpaired) electrons. The van der Waals surface area contributed by atoms with Gasteiger partial charge in [0.2, 0.25) is 0 Å². The van der Waals surface area contributed by atoms with Gasteiger partial charge in [0.15, 0.2) is 0 Å². The summed E-state index contributed by atoms with van der Waals surface area (Å²) in [6.45, 7) is 8.02. The van der Waals surface area contributed by atoms with E-state index >= 15 is 0 Å². The number of rotatable bonds is 5. The lowest BCUT2D eigenvalue weighted by Gasteiger charge is -2.22. The summed E-state index contributed by atoms with van der Waals surface area (Å²) in [6.07, 6.45) is 8.24. The van der Waals surface area contributed by atoms with Crippen molar-refractivity contribution >= 4 is 17.6 Å². The predicted molar refractivity (Wildman–Crippen MR) is 88.7 cm³/mol. The van der Waals surface area contributed by atoms with Crippen LogP contribution in [0.15, 0.2) is 41.2 Å². The smallest absolute Gasteiger partial charge is 0.0807 e. The number of aliphatic imine (C=N–C) groups is 1. The van der Waals surface area contributed by atoms with Crippen molar-refractivity contribution in [1.29, 1.82) is 0 Å². The van der Waals surface area contributed by atoms with Crippen LogP contribution in [0.5, 0.6) is 0 Å². The highest BCUT2D eigenvalue weighted by molar-refractivity contribution is 5.72. The summed E-state index contributed by atoms with van der Waals surface area (Å²) >= 11 is 0. The summed E-state index contributed by atoms with van der Waals surface area (Å²) in [4.78, 5) is 4.06. The quantitative estimate of drug-likeness (QED) is 0.283. The molecule has 0 fully saturated rings. The van der Waals surface area contributed by atoms with Gasteiger partial charge in [-0.15, -0.1) is 0 Å². The van der Waals surface area contributed by atoms with Crippen molar-refractivity contribution in [2.45, 2.75) is 34.1 Å². The Labute approximate surface area is 121 Å². The maximum atomic E-state index is 6.21. The third-order valence-electron chi connectivity index (χ3n) is 3.07. The van der Waals surface area contributed by atoms with Gasteiger partial charge in [0.05, 0.1) is 17.1 Å². The molecule has 1 aromatic rings. The molecule has 108 valence electrons. The second-order valence-electron chi connectivity index (χ2n) is 4.63. The number of anilines is 2. The van der Waals surface area contributed by atoms with E-state index < -0.39 is 0 Å². The first kappa shape index (κ1) is 16.0. The van der Waals surface area contributed by atoms with Gasteiger partial charge in [-0.3, -0.25) is 10.0 Å². The van der Waals surface area contributed by atoms with Crippen molar-refractivity contribution in [3.63, 3.8) is 0 Å². The van der Waals surface area contributed by atoms with Crippen molar-refractivity contribution in [3.8, 4) is 0 Å². The second kappa shape index (κ2) is 7.50. The minimum absolute atomic E-state index is 0.671. The topological polar surface area (TPSA) is 67.6 Å². The van der Waals surface area contributed by atoms with E-state index in [1.54, 1.807) is 17.4 Å². The Morgan fingerprint density at radius 1 is 1.30 bits per heavy atom. The zero-order chi connectivity index (χ0) is 15.1. The first-order chi connectivity index (χ1) is 9.51. The van der Waals surface area contributed by atoms with Crippen molar-refractivity contribution in [2.75, 3.05) is 10.7 Å². The van der Waals surface area contributed by atoms with Crippen molar-refractivity contribution < 1.29 is 0 Å². The molecule has 20 heavy (non-hydrogen) atoms. The molecule has 0 aromatic heterocycles. The molecule has 4 nitrogen and oxygen atoms in total. The minimum Gasteiger partial charge on any atom is -0.397 e. The Kier molecular flexibility index (Phi) is 6.00. The van der Waals surface area contributed by atoms with Crippen LogP contribution < -0.4 is 16.6 Å². The van der Waals surface area contributed by atoms with Crippen LogP contribution in [0.2, 0.25) is 0 Å². The van der Waals surface area contributed by atoms with E-state index in [0.29, 0.717) is 5.69 Å². The lowest BCUT2D eigenvalue weighted by Crippen LogP contribution is -2.30. The molecule has 0 saturated carbocycles. The van der Waals surface area contributed by atoms with Gasteiger partial charge >= 0.3 is 0 Å². The third-order valence-corrected chi connectivity index (χ3v) is 3.07. The van der Waals surface area contributed by atoms with Crippen LogP contribution in [0.4, 0.5) is 11.4 Å². The molecule has 0 atom stereocenters. The number of hydrazine groups is 1. The van der Waals surface area contributed by atoms with Crippen LogP contribution in [0.1, 0.15) is 31.4 Å². The van der Waals surface area contributed by atoms with Gasteiger partial charge in [-0.1, -0.05) is 13.0 Å². The highest BCUT2D eigenvalue weighted by atomic mass is 15.4. The van der Waals surface area contributed by atoms with Crippen molar-refractivity contribution in [2.24, 2.45) is 10.8 Å². The summed E-state index contributed by atoms with van der Waals surface area (Å²) in [5.41, 5.74) is 10.7. The first-order valence-electron chi connectivity index (χ1n) is 6.77. The molecule has 1 aromatic carbocycles. The molecule has 0 heterocycles. The molecule has 0 amide bonds. The van der Waals surface area contributed by atoms with Gasteiger partial charge in [-0.2, -0.15) is 0 Å². The zero-order valence-electron chi connectivity index (χ0n) is 12.7. The SMILES string of the molecule is C\C=N/C=C\C(=C/CC)N(N)c1cc(C)c(C)cc1N.